The first kappa shape index (κ1) is 14.3. The van der Waals surface area contributed by atoms with Gasteiger partial charge in [0.2, 0.25) is 0 Å². The van der Waals surface area contributed by atoms with Crippen molar-refractivity contribution in [2.45, 2.75) is 0 Å². The molecule has 3 rings (SSSR count). The molecule has 0 saturated heterocycles. The van der Waals surface area contributed by atoms with Crippen LogP contribution in [-0.2, 0) is 0 Å². The van der Waals surface area contributed by atoms with E-state index in [0.29, 0.717) is 17.2 Å². The van der Waals surface area contributed by atoms with Crippen molar-refractivity contribution in [3.05, 3.63) is 70.8 Å². The van der Waals surface area contributed by atoms with Gasteiger partial charge in [-0.3, -0.25) is 20.1 Å². The van der Waals surface area contributed by atoms with Gasteiger partial charge in [-0.25, -0.2) is 4.98 Å². The molecule has 3 aromatic rings. The van der Waals surface area contributed by atoms with E-state index in [2.05, 4.69) is 25.7 Å². The lowest BCUT2D eigenvalue weighted by Gasteiger charge is -2.01. The Hall–Kier alpha value is -3.62. The van der Waals surface area contributed by atoms with Gasteiger partial charge in [0.15, 0.2) is 11.6 Å². The minimum absolute atomic E-state index is 0.0124. The first-order chi connectivity index (χ1) is 11.2. The first-order valence-corrected chi connectivity index (χ1v) is 6.58. The van der Waals surface area contributed by atoms with E-state index in [1.165, 1.54) is 18.3 Å². The van der Waals surface area contributed by atoms with Gasteiger partial charge in [-0.15, -0.1) is 10.2 Å². The van der Waals surface area contributed by atoms with Gasteiger partial charge >= 0.3 is 0 Å². The van der Waals surface area contributed by atoms with E-state index >= 15 is 0 Å². The highest BCUT2D eigenvalue weighted by Crippen LogP contribution is 2.11. The third kappa shape index (κ3) is 3.53. The van der Waals surface area contributed by atoms with E-state index < -0.39 is 4.92 Å². The van der Waals surface area contributed by atoms with Crippen molar-refractivity contribution >= 4 is 17.7 Å². The van der Waals surface area contributed by atoms with Crippen LogP contribution in [0, 0.1) is 10.1 Å². The predicted octanol–water partition coefficient (Wildman–Crippen LogP) is 2.02. The number of benzene rings is 1. The van der Waals surface area contributed by atoms with Gasteiger partial charge in [0.25, 0.3) is 5.69 Å². The summed E-state index contributed by atoms with van der Waals surface area (Å²) in [6.45, 7) is 0. The Morgan fingerprint density at radius 3 is 2.87 bits per heavy atom. The van der Waals surface area contributed by atoms with Crippen LogP contribution in [0.1, 0.15) is 5.56 Å². The Labute approximate surface area is 130 Å². The van der Waals surface area contributed by atoms with Crippen LogP contribution in [0.15, 0.2) is 60.2 Å². The minimum atomic E-state index is -0.453. The molecular formula is C14H11N7O2. The average Bonchev–Trinajstić information content (AvgIpc) is 3.10. The summed E-state index contributed by atoms with van der Waals surface area (Å²) in [5.74, 6) is 1.09. The fraction of sp³-hybridized carbons (Fsp3) is 0. The summed E-state index contributed by atoms with van der Waals surface area (Å²) in [6, 6.07) is 9.64. The molecule has 23 heavy (non-hydrogen) atoms. The maximum absolute atomic E-state index is 10.7. The van der Waals surface area contributed by atoms with E-state index in [1.807, 2.05) is 0 Å². The van der Waals surface area contributed by atoms with Crippen molar-refractivity contribution in [3.63, 3.8) is 0 Å². The monoisotopic (exact) mass is 309 g/mol. The summed E-state index contributed by atoms with van der Waals surface area (Å²) >= 11 is 0. The summed E-state index contributed by atoms with van der Waals surface area (Å²) in [6.07, 6.45) is 6.50. The summed E-state index contributed by atoms with van der Waals surface area (Å²) in [5.41, 5.74) is 3.33. The number of nitro groups is 1. The number of nitrogens with one attached hydrogen (secondary N) is 1. The largest absolute Gasteiger partial charge is 0.289 e. The molecule has 0 atom stereocenters. The van der Waals surface area contributed by atoms with Crippen molar-refractivity contribution in [2.75, 3.05) is 5.43 Å². The summed E-state index contributed by atoms with van der Waals surface area (Å²) in [4.78, 5) is 14.2. The highest BCUT2D eigenvalue weighted by molar-refractivity contribution is 5.81. The molecule has 0 aliphatic heterocycles. The molecule has 0 fully saturated rings. The molecule has 0 aliphatic rings. The first-order valence-electron chi connectivity index (χ1n) is 6.58. The quantitative estimate of drug-likeness (QED) is 0.438. The van der Waals surface area contributed by atoms with Crippen LogP contribution in [0.4, 0.5) is 11.5 Å². The molecule has 2 heterocycles. The van der Waals surface area contributed by atoms with Gasteiger partial charge in [-0.05, 0) is 12.1 Å². The second-order valence-corrected chi connectivity index (χ2v) is 4.47. The Balaban J connectivity index is 1.66. The Morgan fingerprint density at radius 2 is 2.17 bits per heavy atom. The number of nitro benzene ring substituents is 1. The second kappa shape index (κ2) is 6.43. The van der Waals surface area contributed by atoms with Crippen molar-refractivity contribution in [2.24, 2.45) is 5.10 Å². The number of aromatic nitrogens is 4. The SMILES string of the molecule is O=[N+]([O-])c1cccc(C=NNc2ccc(-n3ccnc3)nn2)c1. The van der Waals surface area contributed by atoms with E-state index in [4.69, 9.17) is 0 Å². The number of imidazole rings is 1. The standard InChI is InChI=1S/C14H11N7O2/c22-21(23)12-3-1-2-11(8-12)9-16-17-13-4-5-14(19-18-13)20-7-6-15-10-20/h1-10H,(H,17,18). The number of anilines is 1. The van der Waals surface area contributed by atoms with Crippen LogP contribution < -0.4 is 5.43 Å². The van der Waals surface area contributed by atoms with Gasteiger partial charge in [-0.1, -0.05) is 12.1 Å². The van der Waals surface area contributed by atoms with Gasteiger partial charge in [0.1, 0.15) is 6.33 Å². The maximum Gasteiger partial charge on any atom is 0.270 e. The molecular weight excluding hydrogens is 298 g/mol. The van der Waals surface area contributed by atoms with Crippen LogP contribution in [0.5, 0.6) is 0 Å². The summed E-state index contributed by atoms with van der Waals surface area (Å²) < 4.78 is 1.73. The van der Waals surface area contributed by atoms with Gasteiger partial charge in [0.05, 0.1) is 11.1 Å². The molecule has 2 aromatic heterocycles. The Kier molecular flexibility index (Phi) is 4.01. The number of hydrogen-bond acceptors (Lipinski definition) is 7. The number of non-ortho nitro benzene ring substituents is 1. The molecule has 9 heteroatoms. The summed E-state index contributed by atoms with van der Waals surface area (Å²) in [5, 5.41) is 22.7. The lowest BCUT2D eigenvalue weighted by atomic mass is 10.2. The Bertz CT molecular complexity index is 829. The molecule has 0 spiro atoms. The number of hydrazone groups is 1. The van der Waals surface area contributed by atoms with E-state index in [9.17, 15) is 10.1 Å². The lowest BCUT2D eigenvalue weighted by Crippen LogP contribution is -2.00. The third-order valence-electron chi connectivity index (χ3n) is 2.89. The van der Waals surface area contributed by atoms with E-state index in [1.54, 1.807) is 47.6 Å². The van der Waals surface area contributed by atoms with Crippen LogP contribution in [0.25, 0.3) is 5.82 Å². The van der Waals surface area contributed by atoms with Crippen molar-refractivity contribution < 1.29 is 4.92 Å². The van der Waals surface area contributed by atoms with Crippen molar-refractivity contribution in [1.29, 1.82) is 0 Å². The zero-order valence-corrected chi connectivity index (χ0v) is 11.8. The van der Waals surface area contributed by atoms with E-state index in [-0.39, 0.29) is 5.69 Å². The molecule has 0 unspecified atom stereocenters. The fourth-order valence-electron chi connectivity index (χ4n) is 1.81. The molecule has 0 saturated carbocycles. The minimum Gasteiger partial charge on any atom is -0.289 e. The summed E-state index contributed by atoms with van der Waals surface area (Å²) in [7, 11) is 0. The molecule has 114 valence electrons. The molecule has 0 bridgehead atoms. The second-order valence-electron chi connectivity index (χ2n) is 4.47. The van der Waals surface area contributed by atoms with Crippen molar-refractivity contribution in [1.82, 2.24) is 19.7 Å². The lowest BCUT2D eigenvalue weighted by molar-refractivity contribution is -0.384. The smallest absolute Gasteiger partial charge is 0.270 e. The van der Waals surface area contributed by atoms with Gasteiger partial charge in [0, 0.05) is 30.1 Å². The molecule has 0 aliphatic carbocycles. The molecule has 0 radical (unpaired) electrons. The highest BCUT2D eigenvalue weighted by Gasteiger charge is 2.04. The zero-order chi connectivity index (χ0) is 16.1. The average molecular weight is 309 g/mol. The Morgan fingerprint density at radius 1 is 1.26 bits per heavy atom. The zero-order valence-electron chi connectivity index (χ0n) is 11.8. The molecule has 0 amide bonds. The van der Waals surface area contributed by atoms with Gasteiger partial charge in [-0.2, -0.15) is 5.10 Å². The maximum atomic E-state index is 10.7. The van der Waals surface area contributed by atoms with Crippen molar-refractivity contribution in [3.8, 4) is 5.82 Å². The van der Waals surface area contributed by atoms with Crippen LogP contribution in [0.3, 0.4) is 0 Å². The normalized spacial score (nSPS) is 10.8. The van der Waals surface area contributed by atoms with Crippen LogP contribution in [0.2, 0.25) is 0 Å². The van der Waals surface area contributed by atoms with Gasteiger partial charge < -0.3 is 0 Å². The number of hydrogen-bond donors (Lipinski definition) is 1. The topological polar surface area (TPSA) is 111 Å². The van der Waals surface area contributed by atoms with Crippen LogP contribution in [-0.4, -0.2) is 30.9 Å². The molecule has 1 aromatic carbocycles. The number of nitrogens with zero attached hydrogens (tertiary/aromatic N) is 6. The fourth-order valence-corrected chi connectivity index (χ4v) is 1.81. The molecule has 1 N–H and O–H groups in total. The highest BCUT2D eigenvalue weighted by atomic mass is 16.6. The predicted molar refractivity (Wildman–Crippen MR) is 83.5 cm³/mol. The third-order valence-corrected chi connectivity index (χ3v) is 2.89. The van der Waals surface area contributed by atoms with Crippen LogP contribution >= 0.6 is 0 Å². The van der Waals surface area contributed by atoms with E-state index in [0.717, 1.165) is 0 Å². The number of rotatable bonds is 5. The molecule has 9 nitrogen and oxygen atoms in total.